The zero-order valence-electron chi connectivity index (χ0n) is 10.6. The molecule has 0 saturated heterocycles. The number of halogens is 1. The van der Waals surface area contributed by atoms with E-state index < -0.39 is 17.3 Å². The quantitative estimate of drug-likeness (QED) is 0.789. The molecule has 0 radical (unpaired) electrons. The highest BCUT2D eigenvalue weighted by atomic mass is 19.1. The van der Waals surface area contributed by atoms with Gasteiger partial charge in [0.15, 0.2) is 0 Å². The zero-order chi connectivity index (χ0) is 15.0. The number of amides is 1. The molecule has 2 heterocycles. The van der Waals surface area contributed by atoms with Crippen LogP contribution in [-0.2, 0) is 11.3 Å². The summed E-state index contributed by atoms with van der Waals surface area (Å²) >= 11 is 0. The van der Waals surface area contributed by atoms with Crippen molar-refractivity contribution in [3.05, 3.63) is 46.0 Å². The number of aromatic nitrogens is 2. The molecule has 0 saturated carbocycles. The highest BCUT2D eigenvalue weighted by Gasteiger charge is 2.22. The number of fused-ring (bicyclic) bond motifs is 1. The first kappa shape index (κ1) is 12.8. The molecule has 1 amide bonds. The van der Waals surface area contributed by atoms with Crippen molar-refractivity contribution < 1.29 is 9.18 Å². The monoisotopic (exact) mass is 285 g/mol. The van der Waals surface area contributed by atoms with Crippen LogP contribution >= 0.6 is 0 Å². The Morgan fingerprint density at radius 3 is 2.62 bits per heavy atom. The van der Waals surface area contributed by atoms with E-state index in [1.165, 1.54) is 24.3 Å². The summed E-state index contributed by atoms with van der Waals surface area (Å²) in [5.74, 6) is -0.722. The molecule has 7 nitrogen and oxygen atoms in total. The zero-order valence-corrected chi connectivity index (χ0v) is 10.6. The lowest BCUT2D eigenvalue weighted by molar-refractivity contribution is -0.121. The Labute approximate surface area is 117 Å². The van der Waals surface area contributed by atoms with E-state index in [0.717, 1.165) is 4.57 Å². The predicted molar refractivity (Wildman–Crippen MR) is 70.4 cm³/mol. The van der Waals surface area contributed by atoms with E-state index in [0.29, 0.717) is 5.56 Å². The van der Waals surface area contributed by atoms with Crippen LogP contribution < -0.4 is 16.4 Å². The number of hydrogen-bond acceptors (Lipinski definition) is 5. The van der Waals surface area contributed by atoms with E-state index >= 15 is 0 Å². The maximum absolute atomic E-state index is 13.0. The Hall–Kier alpha value is -3.21. The van der Waals surface area contributed by atoms with E-state index in [1.807, 2.05) is 0 Å². The molecule has 1 aromatic carbocycles. The number of nitriles is 1. The van der Waals surface area contributed by atoms with Gasteiger partial charge in [-0.3, -0.25) is 25.0 Å². The fourth-order valence-corrected chi connectivity index (χ4v) is 2.02. The van der Waals surface area contributed by atoms with Gasteiger partial charge >= 0.3 is 0 Å². The van der Waals surface area contributed by atoms with Crippen molar-refractivity contribution in [1.82, 2.24) is 15.0 Å². The molecule has 0 spiro atoms. The highest BCUT2D eigenvalue weighted by molar-refractivity contribution is 5.79. The third-order valence-electron chi connectivity index (χ3n) is 3.01. The maximum Gasteiger partial charge on any atom is 0.274 e. The van der Waals surface area contributed by atoms with Crippen molar-refractivity contribution in [2.24, 2.45) is 0 Å². The summed E-state index contributed by atoms with van der Waals surface area (Å²) in [6.07, 6.45) is 0. The molecule has 1 aromatic heterocycles. The van der Waals surface area contributed by atoms with Gasteiger partial charge < -0.3 is 0 Å². The molecular formula is C13H8FN5O2. The van der Waals surface area contributed by atoms with Gasteiger partial charge in [-0.1, -0.05) is 0 Å². The second-order valence-corrected chi connectivity index (χ2v) is 4.34. The number of hydrogen-bond donors (Lipinski definition) is 2. The van der Waals surface area contributed by atoms with Gasteiger partial charge in [0.2, 0.25) is 5.95 Å². The van der Waals surface area contributed by atoms with Crippen LogP contribution in [0.25, 0.3) is 11.3 Å². The molecule has 0 bridgehead atoms. The summed E-state index contributed by atoms with van der Waals surface area (Å²) in [6, 6.07) is 7.07. The van der Waals surface area contributed by atoms with Gasteiger partial charge in [-0.05, 0) is 24.3 Å². The minimum absolute atomic E-state index is 0.123. The molecule has 0 fully saturated rings. The fourth-order valence-electron chi connectivity index (χ4n) is 2.02. The summed E-state index contributed by atoms with van der Waals surface area (Å²) < 4.78 is 14.0. The molecule has 0 aliphatic carbocycles. The summed E-state index contributed by atoms with van der Waals surface area (Å²) in [4.78, 5) is 27.7. The summed E-state index contributed by atoms with van der Waals surface area (Å²) in [5.41, 5.74) is 4.59. The van der Waals surface area contributed by atoms with Crippen LogP contribution in [0, 0.1) is 17.1 Å². The Bertz CT molecular complexity index is 835. The molecule has 0 atom stereocenters. The molecule has 2 aromatic rings. The van der Waals surface area contributed by atoms with E-state index in [4.69, 9.17) is 0 Å². The van der Waals surface area contributed by atoms with Crippen LogP contribution in [0.3, 0.4) is 0 Å². The molecule has 21 heavy (non-hydrogen) atoms. The lowest BCUT2D eigenvalue weighted by atomic mass is 10.1. The first-order valence-electron chi connectivity index (χ1n) is 5.96. The third kappa shape index (κ3) is 2.10. The van der Waals surface area contributed by atoms with Crippen molar-refractivity contribution in [2.45, 2.75) is 6.54 Å². The number of rotatable bonds is 1. The summed E-state index contributed by atoms with van der Waals surface area (Å²) in [6.45, 7) is -0.216. The lowest BCUT2D eigenvalue weighted by Gasteiger charge is -2.20. The normalized spacial score (nSPS) is 12.9. The number of anilines is 1. The van der Waals surface area contributed by atoms with Gasteiger partial charge in [-0.25, -0.2) is 9.37 Å². The lowest BCUT2D eigenvalue weighted by Crippen LogP contribution is -2.44. The predicted octanol–water partition coefficient (Wildman–Crippen LogP) is 0.378. The van der Waals surface area contributed by atoms with E-state index in [2.05, 4.69) is 15.8 Å². The molecule has 3 rings (SSSR count). The van der Waals surface area contributed by atoms with Crippen molar-refractivity contribution in [1.29, 1.82) is 5.26 Å². The van der Waals surface area contributed by atoms with Gasteiger partial charge in [0.05, 0.1) is 5.69 Å². The van der Waals surface area contributed by atoms with Crippen molar-refractivity contribution >= 4 is 11.9 Å². The minimum Gasteiger partial charge on any atom is -0.271 e. The summed E-state index contributed by atoms with van der Waals surface area (Å²) in [7, 11) is 0. The Morgan fingerprint density at radius 1 is 1.24 bits per heavy atom. The Balaban J connectivity index is 2.25. The largest absolute Gasteiger partial charge is 0.274 e. The van der Waals surface area contributed by atoms with Gasteiger partial charge in [0.1, 0.15) is 24.0 Å². The van der Waals surface area contributed by atoms with Crippen LogP contribution in [0.5, 0.6) is 0 Å². The maximum atomic E-state index is 13.0. The molecular weight excluding hydrogens is 277 g/mol. The average molecular weight is 285 g/mol. The van der Waals surface area contributed by atoms with Gasteiger partial charge in [0, 0.05) is 5.56 Å². The molecule has 2 N–H and O–H groups in total. The molecule has 104 valence electrons. The topological polar surface area (TPSA) is 99.8 Å². The smallest absolute Gasteiger partial charge is 0.271 e. The highest BCUT2D eigenvalue weighted by Crippen LogP contribution is 2.21. The molecule has 0 unspecified atom stereocenters. The fraction of sp³-hybridized carbons (Fsp3) is 0.0769. The first-order chi connectivity index (χ1) is 10.1. The van der Waals surface area contributed by atoms with Gasteiger partial charge in [0.25, 0.3) is 11.5 Å². The number of nitrogens with one attached hydrogen (secondary N) is 2. The van der Waals surface area contributed by atoms with E-state index in [9.17, 15) is 19.2 Å². The van der Waals surface area contributed by atoms with Crippen LogP contribution in [0.2, 0.25) is 0 Å². The SMILES string of the molecule is N#Cc1c(-c2ccc(F)cc2)nc2n(c1=O)CC(=O)NN2. The Kier molecular flexibility index (Phi) is 2.88. The van der Waals surface area contributed by atoms with Crippen LogP contribution in [0.4, 0.5) is 10.3 Å². The van der Waals surface area contributed by atoms with Crippen molar-refractivity contribution in [3.63, 3.8) is 0 Å². The number of benzene rings is 1. The van der Waals surface area contributed by atoms with E-state index in [-0.39, 0.29) is 23.8 Å². The van der Waals surface area contributed by atoms with Crippen molar-refractivity contribution in [3.8, 4) is 17.3 Å². The standard InChI is InChI=1S/C13H8FN5O2/c14-8-3-1-7(2-4-8)11-9(5-15)12(21)19-6-10(20)17-18-13(19)16-11/h1-4H,6H2,(H,16,18)(H,17,20). The Morgan fingerprint density at radius 2 is 1.95 bits per heavy atom. The van der Waals surface area contributed by atoms with E-state index in [1.54, 1.807) is 6.07 Å². The third-order valence-corrected chi connectivity index (χ3v) is 3.01. The molecule has 1 aliphatic rings. The number of hydrazine groups is 1. The molecule has 1 aliphatic heterocycles. The van der Waals surface area contributed by atoms with Gasteiger partial charge in [-0.15, -0.1) is 0 Å². The van der Waals surface area contributed by atoms with Crippen LogP contribution in [-0.4, -0.2) is 15.5 Å². The van der Waals surface area contributed by atoms with Gasteiger partial charge in [-0.2, -0.15) is 5.26 Å². The second kappa shape index (κ2) is 4.72. The number of nitrogens with zero attached hydrogens (tertiary/aromatic N) is 3. The van der Waals surface area contributed by atoms with Crippen LogP contribution in [0.15, 0.2) is 29.1 Å². The average Bonchev–Trinajstić information content (AvgIpc) is 2.48. The number of carbonyl (C=O) groups is 1. The number of carbonyl (C=O) groups excluding carboxylic acids is 1. The van der Waals surface area contributed by atoms with Crippen molar-refractivity contribution in [2.75, 3.05) is 5.43 Å². The minimum atomic E-state index is -0.621. The first-order valence-corrected chi connectivity index (χ1v) is 5.96. The van der Waals surface area contributed by atoms with Crippen LogP contribution in [0.1, 0.15) is 5.56 Å². The molecule has 8 heteroatoms. The second-order valence-electron chi connectivity index (χ2n) is 4.34. The summed E-state index contributed by atoms with van der Waals surface area (Å²) in [5, 5.41) is 9.18.